The van der Waals surface area contributed by atoms with Gasteiger partial charge in [0.25, 0.3) is 0 Å². The van der Waals surface area contributed by atoms with Gasteiger partial charge in [0.2, 0.25) is 0 Å². The van der Waals surface area contributed by atoms with E-state index in [0.29, 0.717) is 11.0 Å². The Hall–Kier alpha value is -0.940. The van der Waals surface area contributed by atoms with Gasteiger partial charge in [-0.25, -0.2) is 9.97 Å². The SMILES string of the molecule is CCCn1cc(-c2nc(Cl)c(Br)c(C(C)(C)C)n2)cn1. The lowest BCUT2D eigenvalue weighted by molar-refractivity contribution is 0.564. The lowest BCUT2D eigenvalue weighted by Gasteiger charge is -2.20. The molecule has 0 radical (unpaired) electrons. The van der Waals surface area contributed by atoms with Gasteiger partial charge >= 0.3 is 0 Å². The van der Waals surface area contributed by atoms with E-state index in [-0.39, 0.29) is 5.41 Å². The molecule has 0 saturated carbocycles. The molecule has 0 aromatic carbocycles. The molecule has 0 unspecified atom stereocenters. The van der Waals surface area contributed by atoms with Crippen molar-refractivity contribution in [1.29, 1.82) is 0 Å². The summed E-state index contributed by atoms with van der Waals surface area (Å²) in [5.41, 5.74) is 1.67. The van der Waals surface area contributed by atoms with Gasteiger partial charge in [0.05, 0.1) is 21.9 Å². The monoisotopic (exact) mass is 356 g/mol. The van der Waals surface area contributed by atoms with Crippen LogP contribution in [0.25, 0.3) is 11.4 Å². The average molecular weight is 358 g/mol. The number of aryl methyl sites for hydroxylation is 1. The molecule has 0 fully saturated rings. The zero-order valence-electron chi connectivity index (χ0n) is 12.1. The van der Waals surface area contributed by atoms with E-state index in [1.807, 2.05) is 10.9 Å². The molecule has 2 aromatic rings. The predicted octanol–water partition coefficient (Wildman–Crippen LogP) is 4.46. The minimum atomic E-state index is -0.112. The third kappa shape index (κ3) is 3.20. The molecule has 6 heteroatoms. The van der Waals surface area contributed by atoms with Crippen LogP contribution in [0.5, 0.6) is 0 Å². The summed E-state index contributed by atoms with van der Waals surface area (Å²) in [4.78, 5) is 9.00. The highest BCUT2D eigenvalue weighted by molar-refractivity contribution is 9.10. The van der Waals surface area contributed by atoms with Crippen LogP contribution in [0.2, 0.25) is 5.15 Å². The number of aromatic nitrogens is 4. The molecule has 0 saturated heterocycles. The summed E-state index contributed by atoms with van der Waals surface area (Å²) in [5, 5.41) is 4.74. The molecule has 0 aliphatic heterocycles. The van der Waals surface area contributed by atoms with E-state index in [0.717, 1.165) is 28.7 Å². The van der Waals surface area contributed by atoms with E-state index < -0.39 is 0 Å². The smallest absolute Gasteiger partial charge is 0.164 e. The Kier molecular flexibility index (Phi) is 4.49. The third-order valence-corrected chi connectivity index (χ3v) is 4.12. The highest BCUT2D eigenvalue weighted by Crippen LogP contribution is 2.33. The van der Waals surface area contributed by atoms with E-state index >= 15 is 0 Å². The second kappa shape index (κ2) is 5.82. The van der Waals surface area contributed by atoms with Crippen LogP contribution in [0.3, 0.4) is 0 Å². The van der Waals surface area contributed by atoms with Gasteiger partial charge in [-0.2, -0.15) is 5.10 Å². The summed E-state index contributed by atoms with van der Waals surface area (Å²) in [5.74, 6) is 0.616. The molecule has 2 aromatic heterocycles. The average Bonchev–Trinajstić information content (AvgIpc) is 2.80. The van der Waals surface area contributed by atoms with Crippen molar-refractivity contribution >= 4 is 27.5 Å². The van der Waals surface area contributed by atoms with Crippen molar-refractivity contribution in [1.82, 2.24) is 19.7 Å². The largest absolute Gasteiger partial charge is 0.272 e. The predicted molar refractivity (Wildman–Crippen MR) is 85.0 cm³/mol. The number of nitrogens with zero attached hydrogens (tertiary/aromatic N) is 4. The van der Waals surface area contributed by atoms with Gasteiger partial charge in [-0.15, -0.1) is 0 Å². The first-order valence-electron chi connectivity index (χ1n) is 6.59. The van der Waals surface area contributed by atoms with Gasteiger partial charge in [0, 0.05) is 18.2 Å². The molecule has 0 aliphatic carbocycles. The molecular weight excluding hydrogens is 340 g/mol. The van der Waals surface area contributed by atoms with Crippen LogP contribution in [0.1, 0.15) is 39.8 Å². The lowest BCUT2D eigenvalue weighted by Crippen LogP contribution is -2.16. The summed E-state index contributed by atoms with van der Waals surface area (Å²) >= 11 is 9.69. The molecule has 20 heavy (non-hydrogen) atoms. The van der Waals surface area contributed by atoms with Crippen LogP contribution in [0.4, 0.5) is 0 Å². The van der Waals surface area contributed by atoms with Crippen molar-refractivity contribution in [2.24, 2.45) is 0 Å². The Bertz CT molecular complexity index is 616. The van der Waals surface area contributed by atoms with Crippen LogP contribution in [0, 0.1) is 0 Å². The minimum Gasteiger partial charge on any atom is -0.272 e. The lowest BCUT2D eigenvalue weighted by atomic mass is 9.92. The Balaban J connectivity index is 2.49. The van der Waals surface area contributed by atoms with E-state index in [2.05, 4.69) is 58.7 Å². The van der Waals surface area contributed by atoms with E-state index in [9.17, 15) is 0 Å². The molecule has 0 aliphatic rings. The summed E-state index contributed by atoms with van der Waals surface area (Å²) in [6.07, 6.45) is 4.77. The maximum absolute atomic E-state index is 6.22. The number of hydrogen-bond donors (Lipinski definition) is 0. The van der Waals surface area contributed by atoms with Crippen molar-refractivity contribution < 1.29 is 0 Å². The molecule has 2 heterocycles. The minimum absolute atomic E-state index is 0.112. The van der Waals surface area contributed by atoms with Gasteiger partial charge in [-0.3, -0.25) is 4.68 Å². The first-order valence-corrected chi connectivity index (χ1v) is 7.76. The van der Waals surface area contributed by atoms with Crippen LogP contribution in [-0.4, -0.2) is 19.7 Å². The van der Waals surface area contributed by atoms with Crippen molar-refractivity contribution in [3.63, 3.8) is 0 Å². The Morgan fingerprint density at radius 2 is 2.00 bits per heavy atom. The number of halogens is 2. The molecule has 0 spiro atoms. The van der Waals surface area contributed by atoms with Crippen LogP contribution in [0.15, 0.2) is 16.9 Å². The van der Waals surface area contributed by atoms with Crippen LogP contribution < -0.4 is 0 Å². The summed E-state index contributed by atoms with van der Waals surface area (Å²) in [7, 11) is 0. The maximum Gasteiger partial charge on any atom is 0.164 e. The fourth-order valence-electron chi connectivity index (χ4n) is 1.88. The van der Waals surface area contributed by atoms with Gasteiger partial charge in [0.15, 0.2) is 5.82 Å². The fraction of sp³-hybridized carbons (Fsp3) is 0.500. The second-order valence-corrected chi connectivity index (χ2v) is 6.89. The van der Waals surface area contributed by atoms with Gasteiger partial charge in [-0.05, 0) is 22.4 Å². The molecule has 4 nitrogen and oxygen atoms in total. The zero-order chi connectivity index (χ0) is 14.9. The Morgan fingerprint density at radius 3 is 2.60 bits per heavy atom. The van der Waals surface area contributed by atoms with E-state index in [4.69, 9.17) is 11.6 Å². The Morgan fingerprint density at radius 1 is 1.30 bits per heavy atom. The van der Waals surface area contributed by atoms with Gasteiger partial charge < -0.3 is 0 Å². The van der Waals surface area contributed by atoms with Crippen molar-refractivity contribution in [3.8, 4) is 11.4 Å². The molecular formula is C14H18BrClN4. The van der Waals surface area contributed by atoms with Crippen LogP contribution >= 0.6 is 27.5 Å². The van der Waals surface area contributed by atoms with E-state index in [1.165, 1.54) is 0 Å². The summed E-state index contributed by atoms with van der Waals surface area (Å²) in [6, 6.07) is 0. The molecule has 0 amide bonds. The van der Waals surface area contributed by atoms with Crippen molar-refractivity contribution in [3.05, 3.63) is 27.7 Å². The highest BCUT2D eigenvalue weighted by atomic mass is 79.9. The normalized spacial score (nSPS) is 11.9. The third-order valence-electron chi connectivity index (χ3n) is 2.87. The molecule has 0 N–H and O–H groups in total. The van der Waals surface area contributed by atoms with Crippen molar-refractivity contribution in [2.75, 3.05) is 0 Å². The summed E-state index contributed by atoms with van der Waals surface area (Å²) in [6.45, 7) is 9.30. The van der Waals surface area contributed by atoms with Gasteiger partial charge in [-0.1, -0.05) is 39.3 Å². The highest BCUT2D eigenvalue weighted by Gasteiger charge is 2.23. The first kappa shape index (κ1) is 15.4. The second-order valence-electron chi connectivity index (χ2n) is 5.74. The standard InChI is InChI=1S/C14H18BrClN4/c1-5-6-20-8-9(7-17-20)13-18-11(14(2,3)4)10(15)12(16)19-13/h7-8H,5-6H2,1-4H3. The quantitative estimate of drug-likeness (QED) is 0.762. The zero-order valence-corrected chi connectivity index (χ0v) is 14.5. The molecule has 2 rings (SSSR count). The van der Waals surface area contributed by atoms with Crippen molar-refractivity contribution in [2.45, 2.75) is 46.1 Å². The van der Waals surface area contributed by atoms with Crippen LogP contribution in [-0.2, 0) is 12.0 Å². The maximum atomic E-state index is 6.22. The van der Waals surface area contributed by atoms with Gasteiger partial charge in [0.1, 0.15) is 5.15 Å². The van der Waals surface area contributed by atoms with E-state index in [1.54, 1.807) is 6.20 Å². The molecule has 0 atom stereocenters. The molecule has 0 bridgehead atoms. The fourth-order valence-corrected chi connectivity index (χ4v) is 2.82. The molecule has 108 valence electrons. The number of hydrogen-bond acceptors (Lipinski definition) is 3. The summed E-state index contributed by atoms with van der Waals surface area (Å²) < 4.78 is 2.65. The number of rotatable bonds is 3. The Labute approximate surface area is 132 Å². The first-order chi connectivity index (χ1) is 9.32. The topological polar surface area (TPSA) is 43.6 Å².